The second-order valence-electron chi connectivity index (χ2n) is 4.89. The Balaban J connectivity index is 1.94. The van der Waals surface area contributed by atoms with E-state index in [0.717, 1.165) is 18.4 Å². The van der Waals surface area contributed by atoms with Crippen molar-refractivity contribution in [1.82, 2.24) is 5.32 Å². The zero-order chi connectivity index (χ0) is 12.8. The summed E-state index contributed by atoms with van der Waals surface area (Å²) >= 11 is 0. The van der Waals surface area contributed by atoms with E-state index in [4.69, 9.17) is 0 Å². The first-order valence-electron chi connectivity index (χ1n) is 6.15. The van der Waals surface area contributed by atoms with Gasteiger partial charge in [0.25, 0.3) is 0 Å². The minimum Gasteiger partial charge on any atom is -0.405 e. The van der Waals surface area contributed by atoms with E-state index in [1.165, 1.54) is 6.07 Å². The van der Waals surface area contributed by atoms with Crippen LogP contribution in [0.1, 0.15) is 30.0 Å². The summed E-state index contributed by atoms with van der Waals surface area (Å²) in [6, 6.07) is 5.16. The number of hydrogen-bond acceptors (Lipinski definition) is 2. The number of fused-ring (bicyclic) bond motifs is 1. The highest BCUT2D eigenvalue weighted by Gasteiger charge is 2.37. The molecule has 1 aliphatic heterocycles. The minimum absolute atomic E-state index is 0.0350. The molecule has 1 N–H and O–H groups in total. The van der Waals surface area contributed by atoms with Gasteiger partial charge >= 0.3 is 6.36 Å². The average Bonchev–Trinajstić information content (AvgIpc) is 3.10. The van der Waals surface area contributed by atoms with Gasteiger partial charge in [-0.05, 0) is 43.4 Å². The fourth-order valence-electron chi connectivity index (χ4n) is 2.67. The van der Waals surface area contributed by atoms with Gasteiger partial charge in [0.2, 0.25) is 0 Å². The Kier molecular flexibility index (Phi) is 2.73. The summed E-state index contributed by atoms with van der Waals surface area (Å²) in [5, 5.41) is 3.39. The Morgan fingerprint density at radius 2 is 2.00 bits per heavy atom. The van der Waals surface area contributed by atoms with Gasteiger partial charge in [0, 0.05) is 11.6 Å². The molecule has 98 valence electrons. The smallest absolute Gasteiger partial charge is 0.405 e. The first-order chi connectivity index (χ1) is 8.54. The SMILES string of the molecule is FC(F)(F)Oc1cccc2c1CCNC2C1CC1. The molecular formula is C13H14F3NO. The second-order valence-corrected chi connectivity index (χ2v) is 4.89. The van der Waals surface area contributed by atoms with Crippen molar-refractivity contribution >= 4 is 0 Å². The molecule has 2 nitrogen and oxygen atoms in total. The van der Waals surface area contributed by atoms with Crippen molar-refractivity contribution in [2.45, 2.75) is 31.7 Å². The molecule has 1 aliphatic carbocycles. The van der Waals surface area contributed by atoms with Gasteiger partial charge in [0.1, 0.15) is 5.75 Å². The van der Waals surface area contributed by atoms with Crippen LogP contribution in [0.5, 0.6) is 5.75 Å². The van der Waals surface area contributed by atoms with Crippen LogP contribution < -0.4 is 10.1 Å². The van der Waals surface area contributed by atoms with E-state index in [9.17, 15) is 13.2 Å². The second kappa shape index (κ2) is 4.16. The summed E-state index contributed by atoms with van der Waals surface area (Å²) in [7, 11) is 0. The van der Waals surface area contributed by atoms with Gasteiger partial charge in [-0.2, -0.15) is 0 Å². The summed E-state index contributed by atoms with van der Waals surface area (Å²) in [5.74, 6) is 0.539. The molecule has 0 saturated heterocycles. The predicted molar refractivity (Wildman–Crippen MR) is 60.3 cm³/mol. The maximum absolute atomic E-state index is 12.3. The third-order valence-electron chi connectivity index (χ3n) is 3.56. The molecule has 1 fully saturated rings. The lowest BCUT2D eigenvalue weighted by Gasteiger charge is -2.28. The monoisotopic (exact) mass is 257 g/mol. The third-order valence-corrected chi connectivity index (χ3v) is 3.56. The standard InChI is InChI=1S/C13H14F3NO/c14-13(15,16)18-11-3-1-2-10-9(11)6-7-17-12(10)8-4-5-8/h1-3,8,12,17H,4-7H2. The fourth-order valence-corrected chi connectivity index (χ4v) is 2.67. The quantitative estimate of drug-likeness (QED) is 0.878. The number of ether oxygens (including phenoxy) is 1. The van der Waals surface area contributed by atoms with Gasteiger partial charge in [-0.25, -0.2) is 0 Å². The Hall–Kier alpha value is -1.23. The summed E-state index contributed by atoms with van der Waals surface area (Å²) in [6.07, 6.45) is -1.72. The van der Waals surface area contributed by atoms with Crippen molar-refractivity contribution in [3.8, 4) is 5.75 Å². The van der Waals surface area contributed by atoms with Crippen LogP contribution in [0.15, 0.2) is 18.2 Å². The largest absolute Gasteiger partial charge is 0.573 e. The topological polar surface area (TPSA) is 21.3 Å². The minimum atomic E-state index is -4.62. The number of rotatable bonds is 2. The van der Waals surface area contributed by atoms with Gasteiger partial charge in [0.05, 0.1) is 0 Å². The van der Waals surface area contributed by atoms with Gasteiger partial charge < -0.3 is 10.1 Å². The predicted octanol–water partition coefficient (Wildman–Crippen LogP) is 3.18. The Morgan fingerprint density at radius 3 is 2.67 bits per heavy atom. The number of alkyl halides is 3. The highest BCUT2D eigenvalue weighted by atomic mass is 19.4. The Bertz CT molecular complexity index is 454. The van der Waals surface area contributed by atoms with Crippen LogP contribution in [0.25, 0.3) is 0 Å². The van der Waals surface area contributed by atoms with Crippen LogP contribution >= 0.6 is 0 Å². The molecule has 1 saturated carbocycles. The van der Waals surface area contributed by atoms with Crippen molar-refractivity contribution < 1.29 is 17.9 Å². The molecule has 0 spiro atoms. The molecule has 0 bridgehead atoms. The van der Waals surface area contributed by atoms with Crippen LogP contribution in [0, 0.1) is 5.92 Å². The fraction of sp³-hybridized carbons (Fsp3) is 0.538. The van der Waals surface area contributed by atoms with Gasteiger partial charge in [-0.1, -0.05) is 12.1 Å². The molecule has 18 heavy (non-hydrogen) atoms. The molecule has 1 atom stereocenters. The number of halogens is 3. The van der Waals surface area contributed by atoms with E-state index in [1.54, 1.807) is 6.07 Å². The average molecular weight is 257 g/mol. The normalized spacial score (nSPS) is 23.6. The molecule has 0 aromatic heterocycles. The lowest BCUT2D eigenvalue weighted by Crippen LogP contribution is -2.32. The van der Waals surface area contributed by atoms with Crippen molar-refractivity contribution in [2.75, 3.05) is 6.54 Å². The number of benzene rings is 1. The number of hydrogen-bond donors (Lipinski definition) is 1. The molecule has 5 heteroatoms. The van der Waals surface area contributed by atoms with Gasteiger partial charge in [-0.3, -0.25) is 0 Å². The van der Waals surface area contributed by atoms with E-state index in [0.29, 0.717) is 24.4 Å². The number of nitrogens with one attached hydrogen (secondary N) is 1. The molecule has 1 heterocycles. The molecule has 0 radical (unpaired) electrons. The van der Waals surface area contributed by atoms with Crippen LogP contribution in [0.4, 0.5) is 13.2 Å². The summed E-state index contributed by atoms with van der Waals surface area (Å²) in [4.78, 5) is 0. The summed E-state index contributed by atoms with van der Waals surface area (Å²) in [5.41, 5.74) is 1.69. The maximum Gasteiger partial charge on any atom is 0.573 e. The molecule has 1 aromatic carbocycles. The molecule has 3 rings (SSSR count). The zero-order valence-electron chi connectivity index (χ0n) is 9.76. The molecule has 1 unspecified atom stereocenters. The highest BCUT2D eigenvalue weighted by Crippen LogP contribution is 2.45. The molecular weight excluding hydrogens is 243 g/mol. The van der Waals surface area contributed by atoms with Crippen molar-refractivity contribution in [3.63, 3.8) is 0 Å². The van der Waals surface area contributed by atoms with Gasteiger partial charge in [-0.15, -0.1) is 13.2 Å². The lowest BCUT2D eigenvalue weighted by atomic mass is 9.91. The van der Waals surface area contributed by atoms with Crippen LogP contribution in [0.3, 0.4) is 0 Å². The summed E-state index contributed by atoms with van der Waals surface area (Å²) < 4.78 is 41.1. The van der Waals surface area contributed by atoms with Crippen LogP contribution in [0.2, 0.25) is 0 Å². The van der Waals surface area contributed by atoms with Crippen molar-refractivity contribution in [2.24, 2.45) is 5.92 Å². The zero-order valence-corrected chi connectivity index (χ0v) is 9.76. The molecule has 1 aromatic rings. The Morgan fingerprint density at radius 1 is 1.22 bits per heavy atom. The van der Waals surface area contributed by atoms with Crippen molar-refractivity contribution in [3.05, 3.63) is 29.3 Å². The molecule has 2 aliphatic rings. The van der Waals surface area contributed by atoms with E-state index < -0.39 is 6.36 Å². The molecule has 0 amide bonds. The third kappa shape index (κ3) is 2.32. The Labute approximate surface area is 103 Å². The first kappa shape index (κ1) is 11.8. The first-order valence-corrected chi connectivity index (χ1v) is 6.15. The lowest BCUT2D eigenvalue weighted by molar-refractivity contribution is -0.274. The van der Waals surface area contributed by atoms with Crippen molar-refractivity contribution in [1.29, 1.82) is 0 Å². The van der Waals surface area contributed by atoms with E-state index in [-0.39, 0.29) is 11.8 Å². The maximum atomic E-state index is 12.3. The highest BCUT2D eigenvalue weighted by molar-refractivity contribution is 5.44. The van der Waals surface area contributed by atoms with E-state index in [1.807, 2.05) is 6.07 Å². The van der Waals surface area contributed by atoms with Crippen LogP contribution in [-0.2, 0) is 6.42 Å². The summed E-state index contributed by atoms with van der Waals surface area (Å²) in [6.45, 7) is 0.715. The van der Waals surface area contributed by atoms with E-state index >= 15 is 0 Å². The van der Waals surface area contributed by atoms with E-state index in [2.05, 4.69) is 10.1 Å². The van der Waals surface area contributed by atoms with Gasteiger partial charge in [0.15, 0.2) is 0 Å². The van der Waals surface area contributed by atoms with Crippen LogP contribution in [-0.4, -0.2) is 12.9 Å².